The van der Waals surface area contributed by atoms with Crippen LogP contribution in [0.2, 0.25) is 0 Å². The lowest BCUT2D eigenvalue weighted by Gasteiger charge is -2.16. The minimum Gasteiger partial charge on any atom is -0.467 e. The fourth-order valence-electron chi connectivity index (χ4n) is 3.18. The van der Waals surface area contributed by atoms with E-state index in [-0.39, 0.29) is 24.2 Å². The molecule has 136 valence electrons. The van der Waals surface area contributed by atoms with Gasteiger partial charge in [-0.2, -0.15) is 5.10 Å². The molecule has 0 aliphatic carbocycles. The maximum Gasteiger partial charge on any atom is 0.346 e. The van der Waals surface area contributed by atoms with Crippen LogP contribution in [0.4, 0.5) is 0 Å². The third-order valence-electron chi connectivity index (χ3n) is 4.43. The molecule has 2 unspecified atom stereocenters. The molecule has 1 amide bonds. The molecule has 0 spiro atoms. The van der Waals surface area contributed by atoms with E-state index in [1.807, 2.05) is 0 Å². The summed E-state index contributed by atoms with van der Waals surface area (Å²) in [5.74, 6) is 0.932. The van der Waals surface area contributed by atoms with Crippen LogP contribution in [-0.4, -0.2) is 31.4 Å². The predicted molar refractivity (Wildman–Crippen MR) is 89.9 cm³/mol. The van der Waals surface area contributed by atoms with E-state index in [4.69, 9.17) is 4.42 Å². The summed E-state index contributed by atoms with van der Waals surface area (Å²) in [6, 6.07) is 3.14. The minimum absolute atomic E-state index is 0.111. The number of aryl methyl sites for hydroxylation is 1. The number of carbonyl (C=O) groups excluding carboxylic acids is 1. The maximum atomic E-state index is 12.4. The second-order valence-corrected chi connectivity index (χ2v) is 6.55. The van der Waals surface area contributed by atoms with Gasteiger partial charge in [-0.3, -0.25) is 9.36 Å². The number of carbonyl (C=O) groups is 1. The van der Waals surface area contributed by atoms with Crippen LogP contribution in [0.15, 0.2) is 27.6 Å². The molecule has 3 rings (SSSR count). The smallest absolute Gasteiger partial charge is 0.346 e. The molecule has 25 heavy (non-hydrogen) atoms. The van der Waals surface area contributed by atoms with Gasteiger partial charge in [0.2, 0.25) is 5.91 Å². The lowest BCUT2D eigenvalue weighted by atomic mass is 10.1. The van der Waals surface area contributed by atoms with Gasteiger partial charge in [0.05, 0.1) is 6.26 Å². The first-order valence-electron chi connectivity index (χ1n) is 8.72. The van der Waals surface area contributed by atoms with Crippen LogP contribution in [0, 0.1) is 0 Å². The third-order valence-corrected chi connectivity index (χ3v) is 4.43. The van der Waals surface area contributed by atoms with Crippen molar-refractivity contribution in [3.8, 4) is 0 Å². The number of fused-ring (bicyclic) bond motifs is 1. The fraction of sp³-hybridized carbons (Fsp3) is 0.588. The first kappa shape index (κ1) is 17.5. The third kappa shape index (κ3) is 4.19. The number of aliphatic hydroxyl groups is 1. The Morgan fingerprint density at radius 2 is 2.28 bits per heavy atom. The van der Waals surface area contributed by atoms with E-state index >= 15 is 0 Å². The molecule has 0 radical (unpaired) electrons. The Hall–Kier alpha value is -2.35. The van der Waals surface area contributed by atoms with E-state index < -0.39 is 6.10 Å². The highest BCUT2D eigenvalue weighted by Gasteiger charge is 2.19. The average molecular weight is 348 g/mol. The zero-order chi connectivity index (χ0) is 17.8. The van der Waals surface area contributed by atoms with Gasteiger partial charge in [0.15, 0.2) is 0 Å². The summed E-state index contributed by atoms with van der Waals surface area (Å²) in [4.78, 5) is 24.6. The standard InChI is InChI=1S/C17H24N4O4/c1-12(10-13(22)14-6-5-9-25-14)18-16(23)11-21-17(24)20-8-4-2-3-7-15(20)19-21/h5-6,9,12-13,22H,2-4,7-8,10-11H2,1H3,(H,18,23). The van der Waals surface area contributed by atoms with Crippen LogP contribution in [0.1, 0.15) is 50.3 Å². The zero-order valence-electron chi connectivity index (χ0n) is 14.4. The van der Waals surface area contributed by atoms with E-state index in [1.54, 1.807) is 23.6 Å². The fourth-order valence-corrected chi connectivity index (χ4v) is 3.18. The van der Waals surface area contributed by atoms with Crippen molar-refractivity contribution in [3.05, 3.63) is 40.5 Å². The van der Waals surface area contributed by atoms with Gasteiger partial charge in [0.1, 0.15) is 24.2 Å². The molecule has 8 nitrogen and oxygen atoms in total. The highest BCUT2D eigenvalue weighted by Crippen LogP contribution is 2.18. The summed E-state index contributed by atoms with van der Waals surface area (Å²) in [5, 5.41) is 17.1. The molecule has 8 heteroatoms. The van der Waals surface area contributed by atoms with Crippen LogP contribution < -0.4 is 11.0 Å². The van der Waals surface area contributed by atoms with Crippen LogP contribution in [-0.2, 0) is 24.3 Å². The normalized spacial score (nSPS) is 16.7. The van der Waals surface area contributed by atoms with Gasteiger partial charge < -0.3 is 14.8 Å². The van der Waals surface area contributed by atoms with Gasteiger partial charge in [0.25, 0.3) is 0 Å². The molecule has 0 bridgehead atoms. The molecule has 0 aromatic carbocycles. The second-order valence-electron chi connectivity index (χ2n) is 6.55. The SMILES string of the molecule is CC(CC(O)c1ccco1)NC(=O)Cn1nc2n(c1=O)CCCCC2. The quantitative estimate of drug-likeness (QED) is 0.810. The number of furan rings is 1. The number of hydrogen-bond donors (Lipinski definition) is 2. The number of amides is 1. The Morgan fingerprint density at radius 3 is 3.04 bits per heavy atom. The molecule has 0 saturated heterocycles. The molecule has 1 aliphatic heterocycles. The van der Waals surface area contributed by atoms with E-state index in [9.17, 15) is 14.7 Å². The highest BCUT2D eigenvalue weighted by atomic mass is 16.4. The lowest BCUT2D eigenvalue weighted by molar-refractivity contribution is -0.122. The lowest BCUT2D eigenvalue weighted by Crippen LogP contribution is -2.38. The van der Waals surface area contributed by atoms with Crippen molar-refractivity contribution in [1.82, 2.24) is 19.7 Å². The van der Waals surface area contributed by atoms with Gasteiger partial charge in [0, 0.05) is 25.4 Å². The Morgan fingerprint density at radius 1 is 1.44 bits per heavy atom. The highest BCUT2D eigenvalue weighted by molar-refractivity contribution is 5.75. The van der Waals surface area contributed by atoms with Crippen molar-refractivity contribution in [3.63, 3.8) is 0 Å². The number of aromatic nitrogens is 3. The molecule has 2 aromatic rings. The average Bonchev–Trinajstić information content (AvgIpc) is 3.12. The molecular weight excluding hydrogens is 324 g/mol. The first-order chi connectivity index (χ1) is 12.0. The summed E-state index contributed by atoms with van der Waals surface area (Å²) in [6.45, 7) is 2.36. The molecular formula is C17H24N4O4. The van der Waals surface area contributed by atoms with Crippen LogP contribution in [0.3, 0.4) is 0 Å². The van der Waals surface area contributed by atoms with Crippen LogP contribution in [0.5, 0.6) is 0 Å². The number of rotatable bonds is 6. The maximum absolute atomic E-state index is 12.4. The molecule has 0 saturated carbocycles. The van der Waals surface area contributed by atoms with Crippen LogP contribution in [0.25, 0.3) is 0 Å². The van der Waals surface area contributed by atoms with Crippen molar-refractivity contribution in [2.24, 2.45) is 0 Å². The van der Waals surface area contributed by atoms with Crippen molar-refractivity contribution >= 4 is 5.91 Å². The van der Waals surface area contributed by atoms with E-state index in [2.05, 4.69) is 10.4 Å². The van der Waals surface area contributed by atoms with E-state index in [0.717, 1.165) is 31.5 Å². The zero-order valence-corrected chi connectivity index (χ0v) is 14.4. The summed E-state index contributed by atoms with van der Waals surface area (Å²) in [7, 11) is 0. The van der Waals surface area contributed by atoms with E-state index in [1.165, 1.54) is 10.9 Å². The number of nitrogens with zero attached hydrogens (tertiary/aromatic N) is 3. The Balaban J connectivity index is 1.56. The summed E-state index contributed by atoms with van der Waals surface area (Å²) in [6.07, 6.45) is 4.90. The van der Waals surface area contributed by atoms with Crippen molar-refractivity contribution in [2.75, 3.05) is 0 Å². The molecule has 2 aromatic heterocycles. The Labute approximate surface area is 145 Å². The summed E-state index contributed by atoms with van der Waals surface area (Å²) < 4.78 is 8.05. The van der Waals surface area contributed by atoms with Gasteiger partial charge in [-0.15, -0.1) is 0 Å². The molecule has 2 N–H and O–H groups in total. The number of hydrogen-bond acceptors (Lipinski definition) is 5. The number of aliphatic hydroxyl groups excluding tert-OH is 1. The molecule has 1 aliphatic rings. The Kier molecular flexibility index (Phi) is 5.37. The predicted octanol–water partition coefficient (Wildman–Crippen LogP) is 0.993. The summed E-state index contributed by atoms with van der Waals surface area (Å²) >= 11 is 0. The van der Waals surface area contributed by atoms with Gasteiger partial charge >= 0.3 is 5.69 Å². The van der Waals surface area contributed by atoms with Crippen molar-refractivity contribution < 1.29 is 14.3 Å². The largest absolute Gasteiger partial charge is 0.467 e. The molecule has 0 fully saturated rings. The van der Waals surface area contributed by atoms with Crippen molar-refractivity contribution in [1.29, 1.82) is 0 Å². The van der Waals surface area contributed by atoms with Gasteiger partial charge in [-0.1, -0.05) is 6.42 Å². The monoisotopic (exact) mass is 348 g/mol. The first-order valence-corrected chi connectivity index (χ1v) is 8.72. The minimum atomic E-state index is -0.781. The van der Waals surface area contributed by atoms with Crippen LogP contribution >= 0.6 is 0 Å². The molecule has 2 atom stereocenters. The van der Waals surface area contributed by atoms with Crippen molar-refractivity contribution in [2.45, 2.75) is 64.3 Å². The Bertz CT molecular complexity index is 762. The topological polar surface area (TPSA) is 102 Å². The van der Waals surface area contributed by atoms with Gasteiger partial charge in [-0.25, -0.2) is 9.48 Å². The molecule has 3 heterocycles. The second kappa shape index (κ2) is 7.69. The van der Waals surface area contributed by atoms with E-state index in [0.29, 0.717) is 18.7 Å². The summed E-state index contributed by atoms with van der Waals surface area (Å²) in [5.41, 5.74) is -0.227. The number of nitrogens with one attached hydrogen (secondary N) is 1. The van der Waals surface area contributed by atoms with Gasteiger partial charge in [-0.05, 0) is 31.9 Å².